The SMILES string of the molecule is COc1cc(Br)c(COC(=O)/C=C/c2ccc(C#N)cc2)cc1OC. The molecule has 0 spiro atoms. The normalized spacial score (nSPS) is 10.3. The maximum Gasteiger partial charge on any atom is 0.331 e. The van der Waals surface area contributed by atoms with E-state index in [1.165, 1.54) is 6.08 Å². The predicted octanol–water partition coefficient (Wildman–Crippen LogP) is 4.09. The van der Waals surface area contributed by atoms with E-state index < -0.39 is 5.97 Å². The third kappa shape index (κ3) is 5.10. The molecule has 0 unspecified atom stereocenters. The molecule has 2 rings (SSSR count). The van der Waals surface area contributed by atoms with E-state index in [4.69, 9.17) is 19.5 Å². The molecule has 0 aromatic heterocycles. The van der Waals surface area contributed by atoms with Gasteiger partial charge >= 0.3 is 5.97 Å². The number of benzene rings is 2. The monoisotopic (exact) mass is 401 g/mol. The molecule has 2 aromatic rings. The first kappa shape index (κ1) is 18.6. The second-order valence-electron chi connectivity index (χ2n) is 4.97. The van der Waals surface area contributed by atoms with Crippen LogP contribution in [0.3, 0.4) is 0 Å². The summed E-state index contributed by atoms with van der Waals surface area (Å²) >= 11 is 3.42. The highest BCUT2D eigenvalue weighted by molar-refractivity contribution is 9.10. The van der Waals surface area contributed by atoms with E-state index in [2.05, 4.69) is 15.9 Å². The van der Waals surface area contributed by atoms with Crippen LogP contribution in [-0.2, 0) is 16.1 Å². The van der Waals surface area contributed by atoms with Crippen LogP contribution in [0.4, 0.5) is 0 Å². The number of carbonyl (C=O) groups excluding carboxylic acids is 1. The van der Waals surface area contributed by atoms with Gasteiger partial charge in [-0.2, -0.15) is 5.26 Å². The Balaban J connectivity index is 1.99. The molecule has 0 atom stereocenters. The van der Waals surface area contributed by atoms with Gasteiger partial charge in [0.15, 0.2) is 11.5 Å². The van der Waals surface area contributed by atoms with E-state index in [9.17, 15) is 4.79 Å². The van der Waals surface area contributed by atoms with Gasteiger partial charge in [0.25, 0.3) is 0 Å². The highest BCUT2D eigenvalue weighted by Gasteiger charge is 2.10. The van der Waals surface area contributed by atoms with Crippen LogP contribution < -0.4 is 9.47 Å². The Morgan fingerprint density at radius 2 is 1.80 bits per heavy atom. The van der Waals surface area contributed by atoms with E-state index in [-0.39, 0.29) is 6.61 Å². The van der Waals surface area contributed by atoms with Gasteiger partial charge in [-0.15, -0.1) is 0 Å². The van der Waals surface area contributed by atoms with Crippen molar-refractivity contribution in [2.45, 2.75) is 6.61 Å². The average Bonchev–Trinajstić information content (AvgIpc) is 2.65. The van der Waals surface area contributed by atoms with E-state index in [1.54, 1.807) is 56.7 Å². The molecule has 0 radical (unpaired) electrons. The van der Waals surface area contributed by atoms with Crippen LogP contribution in [0.1, 0.15) is 16.7 Å². The van der Waals surface area contributed by atoms with Crippen LogP contribution in [0.25, 0.3) is 6.08 Å². The number of nitriles is 1. The highest BCUT2D eigenvalue weighted by Crippen LogP contribution is 2.33. The molecular formula is C19H16BrNO4. The Morgan fingerprint density at radius 1 is 1.16 bits per heavy atom. The molecule has 128 valence electrons. The fourth-order valence-corrected chi connectivity index (χ4v) is 2.47. The summed E-state index contributed by atoms with van der Waals surface area (Å²) < 4.78 is 16.4. The summed E-state index contributed by atoms with van der Waals surface area (Å²) in [4.78, 5) is 11.9. The second kappa shape index (κ2) is 8.90. The first-order valence-electron chi connectivity index (χ1n) is 7.32. The van der Waals surface area contributed by atoms with Crippen molar-refractivity contribution in [3.8, 4) is 17.6 Å². The van der Waals surface area contributed by atoms with E-state index >= 15 is 0 Å². The topological polar surface area (TPSA) is 68.5 Å². The summed E-state index contributed by atoms with van der Waals surface area (Å²) in [5.41, 5.74) is 2.14. The van der Waals surface area contributed by atoms with E-state index in [0.717, 1.165) is 15.6 Å². The molecule has 5 nitrogen and oxygen atoms in total. The van der Waals surface area contributed by atoms with Gasteiger partial charge in [-0.1, -0.05) is 28.1 Å². The lowest BCUT2D eigenvalue weighted by Gasteiger charge is -2.11. The quantitative estimate of drug-likeness (QED) is 0.538. The number of hydrogen-bond donors (Lipinski definition) is 0. The van der Waals surface area contributed by atoms with Crippen molar-refractivity contribution in [3.05, 3.63) is 63.6 Å². The van der Waals surface area contributed by atoms with Crippen molar-refractivity contribution in [1.82, 2.24) is 0 Å². The van der Waals surface area contributed by atoms with Crippen molar-refractivity contribution in [2.24, 2.45) is 0 Å². The fraction of sp³-hybridized carbons (Fsp3) is 0.158. The Labute approximate surface area is 154 Å². The predicted molar refractivity (Wildman–Crippen MR) is 97.2 cm³/mol. The van der Waals surface area contributed by atoms with Crippen molar-refractivity contribution >= 4 is 28.0 Å². The lowest BCUT2D eigenvalue weighted by Crippen LogP contribution is -2.02. The molecule has 2 aromatic carbocycles. The van der Waals surface area contributed by atoms with Gasteiger partial charge in [0.1, 0.15) is 6.61 Å². The third-order valence-corrected chi connectivity index (χ3v) is 4.11. The lowest BCUT2D eigenvalue weighted by atomic mass is 10.1. The zero-order valence-electron chi connectivity index (χ0n) is 13.8. The molecule has 0 bridgehead atoms. The average molecular weight is 402 g/mol. The number of hydrogen-bond acceptors (Lipinski definition) is 5. The van der Waals surface area contributed by atoms with E-state index in [1.807, 2.05) is 6.07 Å². The molecular weight excluding hydrogens is 386 g/mol. The summed E-state index contributed by atoms with van der Waals surface area (Å²) in [5, 5.41) is 8.75. The highest BCUT2D eigenvalue weighted by atomic mass is 79.9. The standard InChI is InChI=1S/C19H16BrNO4/c1-23-17-9-15(16(20)10-18(17)24-2)12-25-19(22)8-7-13-3-5-14(11-21)6-4-13/h3-10H,12H2,1-2H3/b8-7+. The van der Waals surface area contributed by atoms with Crippen molar-refractivity contribution in [1.29, 1.82) is 5.26 Å². The van der Waals surface area contributed by atoms with Crippen molar-refractivity contribution < 1.29 is 19.0 Å². The summed E-state index contributed by atoms with van der Waals surface area (Å²) in [6, 6.07) is 12.4. The minimum atomic E-state index is -0.467. The summed E-state index contributed by atoms with van der Waals surface area (Å²) in [6.45, 7) is 0.0947. The van der Waals surface area contributed by atoms with Gasteiger partial charge in [-0.05, 0) is 35.9 Å². The first-order chi connectivity index (χ1) is 12.1. The minimum Gasteiger partial charge on any atom is -0.493 e. The zero-order chi connectivity index (χ0) is 18.2. The molecule has 0 N–H and O–H groups in total. The number of nitrogens with zero attached hydrogens (tertiary/aromatic N) is 1. The van der Waals surface area contributed by atoms with Crippen LogP contribution in [0.2, 0.25) is 0 Å². The smallest absolute Gasteiger partial charge is 0.331 e. The molecule has 25 heavy (non-hydrogen) atoms. The van der Waals surface area contributed by atoms with E-state index in [0.29, 0.717) is 17.1 Å². The largest absolute Gasteiger partial charge is 0.493 e. The molecule has 0 saturated heterocycles. The fourth-order valence-electron chi connectivity index (χ4n) is 2.04. The van der Waals surface area contributed by atoms with Gasteiger partial charge in [0, 0.05) is 16.1 Å². The van der Waals surface area contributed by atoms with Gasteiger partial charge in [-0.3, -0.25) is 0 Å². The maximum absolute atomic E-state index is 11.9. The van der Waals surface area contributed by atoms with Crippen molar-refractivity contribution in [2.75, 3.05) is 14.2 Å². The van der Waals surface area contributed by atoms with Crippen LogP contribution in [0.15, 0.2) is 46.9 Å². The molecule has 0 amide bonds. The molecule has 0 heterocycles. The Morgan fingerprint density at radius 3 is 2.40 bits per heavy atom. The first-order valence-corrected chi connectivity index (χ1v) is 8.12. The van der Waals surface area contributed by atoms with Crippen LogP contribution in [-0.4, -0.2) is 20.2 Å². The Kier molecular flexibility index (Phi) is 6.61. The maximum atomic E-state index is 11.9. The number of carbonyl (C=O) groups is 1. The molecule has 0 aliphatic rings. The molecule has 0 fully saturated rings. The number of ether oxygens (including phenoxy) is 3. The number of esters is 1. The summed E-state index contributed by atoms with van der Waals surface area (Å²) in [5.74, 6) is 0.682. The van der Waals surface area contributed by atoms with Crippen LogP contribution in [0.5, 0.6) is 11.5 Å². The molecule has 0 aliphatic heterocycles. The molecule has 0 saturated carbocycles. The molecule has 6 heteroatoms. The summed E-state index contributed by atoms with van der Waals surface area (Å²) in [6.07, 6.45) is 2.98. The Bertz CT molecular complexity index is 823. The molecule has 0 aliphatic carbocycles. The second-order valence-corrected chi connectivity index (χ2v) is 5.83. The zero-order valence-corrected chi connectivity index (χ0v) is 15.4. The van der Waals surface area contributed by atoms with Gasteiger partial charge in [0.05, 0.1) is 25.9 Å². The van der Waals surface area contributed by atoms with Crippen molar-refractivity contribution in [3.63, 3.8) is 0 Å². The number of rotatable bonds is 6. The minimum absolute atomic E-state index is 0.0947. The number of methoxy groups -OCH3 is 2. The van der Waals surface area contributed by atoms with Gasteiger partial charge in [-0.25, -0.2) is 4.79 Å². The van der Waals surface area contributed by atoms with Gasteiger partial charge in [0.2, 0.25) is 0 Å². The summed E-state index contributed by atoms with van der Waals surface area (Å²) in [7, 11) is 3.10. The number of halogens is 1. The Hall–Kier alpha value is -2.78. The van der Waals surface area contributed by atoms with Crippen LogP contribution in [0, 0.1) is 11.3 Å². The lowest BCUT2D eigenvalue weighted by molar-refractivity contribution is -0.138. The third-order valence-electron chi connectivity index (χ3n) is 3.37. The van der Waals surface area contributed by atoms with Gasteiger partial charge < -0.3 is 14.2 Å². The van der Waals surface area contributed by atoms with Crippen LogP contribution >= 0.6 is 15.9 Å².